The van der Waals surface area contributed by atoms with Gasteiger partial charge in [0.15, 0.2) is 0 Å². The third kappa shape index (κ3) is 5.90. The highest BCUT2D eigenvalue weighted by molar-refractivity contribution is 6.05. The summed E-state index contributed by atoms with van der Waals surface area (Å²) in [6.45, 7) is 11.9. The van der Waals surface area contributed by atoms with Gasteiger partial charge >= 0.3 is 5.97 Å². The van der Waals surface area contributed by atoms with Crippen molar-refractivity contribution in [3.05, 3.63) is 47.7 Å². The summed E-state index contributed by atoms with van der Waals surface area (Å²) in [5.41, 5.74) is 2.81. The van der Waals surface area contributed by atoms with E-state index in [4.69, 9.17) is 9.47 Å². The molecule has 8 nitrogen and oxygen atoms in total. The number of fused-ring (bicyclic) bond motifs is 1. The summed E-state index contributed by atoms with van der Waals surface area (Å²) < 4.78 is 11.4. The Morgan fingerprint density at radius 3 is 2.33 bits per heavy atom. The van der Waals surface area contributed by atoms with Crippen LogP contribution in [0.15, 0.2) is 36.4 Å². The molecule has 0 unspecified atom stereocenters. The van der Waals surface area contributed by atoms with E-state index in [0.717, 1.165) is 31.1 Å². The zero-order valence-electron chi connectivity index (χ0n) is 19.7. The van der Waals surface area contributed by atoms with Gasteiger partial charge in [-0.05, 0) is 56.8 Å². The molecule has 8 heteroatoms. The quantitative estimate of drug-likeness (QED) is 0.406. The maximum atomic E-state index is 12.2. The fraction of sp³-hybridized carbons (Fsp3) is 0.400. The SMILES string of the molecule is CCOc1ccc2nc(CC)c(C(=O)O)c(Nc3ccc(OCCN(CC)CC)cc3)c2n1. The molecule has 0 saturated heterocycles. The van der Waals surface area contributed by atoms with Gasteiger partial charge in [0.05, 0.1) is 23.5 Å². The van der Waals surface area contributed by atoms with Crippen molar-refractivity contribution in [1.82, 2.24) is 14.9 Å². The Morgan fingerprint density at radius 1 is 1.00 bits per heavy atom. The number of ether oxygens (including phenoxy) is 2. The van der Waals surface area contributed by atoms with E-state index in [2.05, 4.69) is 34.0 Å². The van der Waals surface area contributed by atoms with Gasteiger partial charge in [-0.1, -0.05) is 20.8 Å². The molecule has 3 aromatic rings. The second kappa shape index (κ2) is 11.5. The average Bonchev–Trinajstić information content (AvgIpc) is 2.82. The number of pyridine rings is 2. The van der Waals surface area contributed by atoms with Crippen LogP contribution in [-0.4, -0.2) is 58.8 Å². The molecule has 176 valence electrons. The third-order valence-corrected chi connectivity index (χ3v) is 5.41. The second-order valence-electron chi connectivity index (χ2n) is 7.44. The number of rotatable bonds is 12. The average molecular weight is 453 g/mol. The van der Waals surface area contributed by atoms with Gasteiger partial charge in [-0.2, -0.15) is 0 Å². The maximum absolute atomic E-state index is 12.2. The van der Waals surface area contributed by atoms with Gasteiger partial charge in [0.25, 0.3) is 0 Å². The first-order valence-electron chi connectivity index (χ1n) is 11.4. The summed E-state index contributed by atoms with van der Waals surface area (Å²) in [6, 6.07) is 11.0. The molecule has 0 atom stereocenters. The first-order chi connectivity index (χ1) is 16.0. The molecule has 0 radical (unpaired) electrons. The second-order valence-corrected chi connectivity index (χ2v) is 7.44. The zero-order chi connectivity index (χ0) is 23.8. The van der Waals surface area contributed by atoms with Gasteiger partial charge in [0.1, 0.15) is 23.4 Å². The minimum absolute atomic E-state index is 0.116. The summed E-state index contributed by atoms with van der Waals surface area (Å²) >= 11 is 0. The molecule has 1 aromatic carbocycles. The van der Waals surface area contributed by atoms with Crippen LogP contribution in [0.1, 0.15) is 43.7 Å². The van der Waals surface area contributed by atoms with Crippen molar-refractivity contribution in [3.8, 4) is 11.6 Å². The Balaban J connectivity index is 1.91. The van der Waals surface area contributed by atoms with Crippen LogP contribution in [-0.2, 0) is 6.42 Å². The number of nitrogens with zero attached hydrogens (tertiary/aromatic N) is 3. The highest BCUT2D eigenvalue weighted by atomic mass is 16.5. The normalized spacial score (nSPS) is 11.1. The molecule has 33 heavy (non-hydrogen) atoms. The molecule has 2 aromatic heterocycles. The number of carboxylic acid groups (broad SMARTS) is 1. The van der Waals surface area contributed by atoms with E-state index in [1.807, 2.05) is 38.1 Å². The summed E-state index contributed by atoms with van der Waals surface area (Å²) in [7, 11) is 0. The number of aromatic nitrogens is 2. The van der Waals surface area contributed by atoms with Crippen LogP contribution in [0.3, 0.4) is 0 Å². The van der Waals surface area contributed by atoms with E-state index in [0.29, 0.717) is 47.9 Å². The van der Waals surface area contributed by atoms with E-state index >= 15 is 0 Å². The van der Waals surface area contributed by atoms with E-state index < -0.39 is 5.97 Å². The van der Waals surface area contributed by atoms with Gasteiger partial charge in [-0.25, -0.2) is 9.78 Å². The van der Waals surface area contributed by atoms with Gasteiger partial charge in [-0.3, -0.25) is 4.98 Å². The minimum atomic E-state index is -1.05. The van der Waals surface area contributed by atoms with E-state index in [1.54, 1.807) is 12.1 Å². The summed E-state index contributed by atoms with van der Waals surface area (Å²) in [5.74, 6) is 0.132. The lowest BCUT2D eigenvalue weighted by Crippen LogP contribution is -2.27. The molecule has 0 spiro atoms. The largest absolute Gasteiger partial charge is 0.492 e. The van der Waals surface area contributed by atoms with Crippen LogP contribution >= 0.6 is 0 Å². The highest BCUT2D eigenvalue weighted by Gasteiger charge is 2.21. The number of carboxylic acids is 1. The monoisotopic (exact) mass is 452 g/mol. The fourth-order valence-electron chi connectivity index (χ4n) is 3.62. The Kier molecular flexibility index (Phi) is 8.43. The lowest BCUT2D eigenvalue weighted by molar-refractivity contribution is 0.0696. The number of anilines is 2. The molecule has 2 heterocycles. The number of aromatic carboxylic acids is 1. The molecule has 0 aliphatic heterocycles. The zero-order valence-corrected chi connectivity index (χ0v) is 19.7. The van der Waals surface area contributed by atoms with Crippen LogP contribution in [0.25, 0.3) is 11.0 Å². The lowest BCUT2D eigenvalue weighted by Gasteiger charge is -2.18. The van der Waals surface area contributed by atoms with Crippen molar-refractivity contribution in [2.45, 2.75) is 34.1 Å². The molecule has 0 aliphatic carbocycles. The third-order valence-electron chi connectivity index (χ3n) is 5.41. The van der Waals surface area contributed by atoms with Crippen molar-refractivity contribution in [2.75, 3.05) is 38.2 Å². The Labute approximate surface area is 194 Å². The van der Waals surface area contributed by atoms with Gasteiger partial charge in [0.2, 0.25) is 5.88 Å². The summed E-state index contributed by atoms with van der Waals surface area (Å²) in [6.07, 6.45) is 0.485. The van der Waals surface area contributed by atoms with Crippen LogP contribution < -0.4 is 14.8 Å². The maximum Gasteiger partial charge on any atom is 0.339 e. The molecule has 2 N–H and O–H groups in total. The first kappa shape index (κ1) is 24.3. The molecular weight excluding hydrogens is 420 g/mol. The number of aryl methyl sites for hydroxylation is 1. The predicted molar refractivity (Wildman–Crippen MR) is 130 cm³/mol. The number of carbonyl (C=O) groups is 1. The summed E-state index contributed by atoms with van der Waals surface area (Å²) in [5, 5.41) is 13.2. The Bertz CT molecular complexity index is 1080. The molecule has 0 aliphatic rings. The number of nitrogens with one attached hydrogen (secondary N) is 1. The first-order valence-corrected chi connectivity index (χ1v) is 11.4. The molecule has 0 bridgehead atoms. The van der Waals surface area contributed by atoms with Crippen LogP contribution in [0.5, 0.6) is 11.6 Å². The Morgan fingerprint density at radius 2 is 1.73 bits per heavy atom. The number of hydrogen-bond acceptors (Lipinski definition) is 7. The smallest absolute Gasteiger partial charge is 0.339 e. The van der Waals surface area contributed by atoms with Crippen molar-refractivity contribution in [2.24, 2.45) is 0 Å². The number of benzene rings is 1. The van der Waals surface area contributed by atoms with Gasteiger partial charge in [-0.15, -0.1) is 0 Å². The molecule has 0 saturated carbocycles. The van der Waals surface area contributed by atoms with Crippen molar-refractivity contribution < 1.29 is 19.4 Å². The van der Waals surface area contributed by atoms with Crippen molar-refractivity contribution in [3.63, 3.8) is 0 Å². The highest BCUT2D eigenvalue weighted by Crippen LogP contribution is 2.32. The van der Waals surface area contributed by atoms with E-state index in [9.17, 15) is 9.90 Å². The van der Waals surface area contributed by atoms with Gasteiger partial charge in [0, 0.05) is 18.3 Å². The molecular formula is C25H32N4O4. The van der Waals surface area contributed by atoms with E-state index in [-0.39, 0.29) is 5.56 Å². The molecule has 0 fully saturated rings. The molecule has 0 amide bonds. The minimum Gasteiger partial charge on any atom is -0.492 e. The van der Waals surface area contributed by atoms with Crippen molar-refractivity contribution >= 4 is 28.4 Å². The number of likely N-dealkylation sites (N-methyl/N-ethyl adjacent to an activating group) is 1. The van der Waals surface area contributed by atoms with Crippen LogP contribution in [0, 0.1) is 0 Å². The van der Waals surface area contributed by atoms with Crippen LogP contribution in [0.4, 0.5) is 11.4 Å². The van der Waals surface area contributed by atoms with Crippen molar-refractivity contribution in [1.29, 1.82) is 0 Å². The lowest BCUT2D eigenvalue weighted by atomic mass is 10.1. The van der Waals surface area contributed by atoms with Crippen LogP contribution in [0.2, 0.25) is 0 Å². The fourth-order valence-corrected chi connectivity index (χ4v) is 3.62. The summed E-state index contributed by atoms with van der Waals surface area (Å²) in [4.78, 5) is 23.5. The standard InChI is InChI=1S/C25H32N4O4/c1-5-19-22(25(30)31)24(23-20(27-19)13-14-21(28-23)32-8-4)26-17-9-11-18(12-10-17)33-16-15-29(6-2)7-3/h9-14H,5-8,15-16H2,1-4H3,(H,26,27)(H,30,31). The predicted octanol–water partition coefficient (Wildman–Crippen LogP) is 4.75. The topological polar surface area (TPSA) is 96.8 Å². The van der Waals surface area contributed by atoms with Gasteiger partial charge < -0.3 is 24.8 Å². The number of hydrogen-bond donors (Lipinski definition) is 2. The van der Waals surface area contributed by atoms with E-state index in [1.165, 1.54) is 0 Å². The molecule has 3 rings (SSSR count). The Hall–Kier alpha value is -3.39.